The lowest BCUT2D eigenvalue weighted by Gasteiger charge is -2.10. The molecule has 0 fully saturated rings. The maximum Gasteiger partial charge on any atom is 0.0766 e. The summed E-state index contributed by atoms with van der Waals surface area (Å²) in [5.74, 6) is 0. The van der Waals surface area contributed by atoms with Crippen LogP contribution in [0.3, 0.4) is 0 Å². The van der Waals surface area contributed by atoms with E-state index in [1.54, 1.807) is 6.20 Å². The molecule has 3 nitrogen and oxygen atoms in total. The molecule has 0 aliphatic rings. The molecule has 21 heavy (non-hydrogen) atoms. The van der Waals surface area contributed by atoms with Gasteiger partial charge in [0.2, 0.25) is 0 Å². The third-order valence-corrected chi connectivity index (χ3v) is 3.72. The van der Waals surface area contributed by atoms with Crippen LogP contribution < -0.4 is 5.32 Å². The van der Waals surface area contributed by atoms with Gasteiger partial charge in [0, 0.05) is 28.8 Å². The highest BCUT2D eigenvalue weighted by molar-refractivity contribution is 6.35. The first-order chi connectivity index (χ1) is 10.3. The Morgan fingerprint density at radius 2 is 2.00 bits per heavy atom. The third-order valence-electron chi connectivity index (χ3n) is 3.39. The molecule has 2 aromatic carbocycles. The minimum Gasteiger partial charge on any atom is -0.392 e. The van der Waals surface area contributed by atoms with Crippen LogP contribution in [0.1, 0.15) is 11.1 Å². The van der Waals surface area contributed by atoms with Crippen LogP contribution in [0.2, 0.25) is 5.02 Å². The van der Waals surface area contributed by atoms with Gasteiger partial charge in [-0.3, -0.25) is 4.98 Å². The standard InChI is InChI=1S/C17H15ClN2O/c18-16-7-6-13(17-15(16)5-2-8-19-17)10-20-14-4-1-3-12(9-14)11-21/h1-9,20-21H,10-11H2. The van der Waals surface area contributed by atoms with E-state index in [4.69, 9.17) is 16.7 Å². The Labute approximate surface area is 128 Å². The van der Waals surface area contributed by atoms with Crippen molar-refractivity contribution in [2.45, 2.75) is 13.2 Å². The molecular weight excluding hydrogens is 284 g/mol. The molecule has 1 aromatic heterocycles. The van der Waals surface area contributed by atoms with Gasteiger partial charge >= 0.3 is 0 Å². The van der Waals surface area contributed by atoms with Gasteiger partial charge < -0.3 is 10.4 Å². The minimum atomic E-state index is 0.0426. The number of fused-ring (bicyclic) bond motifs is 1. The zero-order chi connectivity index (χ0) is 14.7. The Hall–Kier alpha value is -2.10. The molecule has 0 bridgehead atoms. The molecule has 1 heterocycles. The number of aliphatic hydroxyl groups excluding tert-OH is 1. The Morgan fingerprint density at radius 3 is 2.86 bits per heavy atom. The van der Waals surface area contributed by atoms with Crippen LogP contribution in [-0.2, 0) is 13.2 Å². The number of anilines is 1. The molecule has 0 saturated heterocycles. The van der Waals surface area contributed by atoms with Crippen LogP contribution in [0.5, 0.6) is 0 Å². The lowest BCUT2D eigenvalue weighted by atomic mass is 10.1. The molecule has 0 spiro atoms. The summed E-state index contributed by atoms with van der Waals surface area (Å²) in [5, 5.41) is 14.2. The summed E-state index contributed by atoms with van der Waals surface area (Å²) in [4.78, 5) is 4.42. The lowest BCUT2D eigenvalue weighted by molar-refractivity contribution is 0.282. The van der Waals surface area contributed by atoms with Gasteiger partial charge in [-0.2, -0.15) is 0 Å². The van der Waals surface area contributed by atoms with E-state index in [0.717, 1.165) is 27.7 Å². The average Bonchev–Trinajstić information content (AvgIpc) is 2.55. The van der Waals surface area contributed by atoms with E-state index >= 15 is 0 Å². The first kappa shape index (κ1) is 13.9. The summed E-state index contributed by atoms with van der Waals surface area (Å²) in [7, 11) is 0. The van der Waals surface area contributed by atoms with Crippen LogP contribution in [-0.4, -0.2) is 10.1 Å². The molecule has 3 aromatic rings. The van der Waals surface area contributed by atoms with Crippen molar-refractivity contribution in [1.82, 2.24) is 4.98 Å². The van der Waals surface area contributed by atoms with Gasteiger partial charge in [0.15, 0.2) is 0 Å². The van der Waals surface area contributed by atoms with Crippen molar-refractivity contribution in [2.24, 2.45) is 0 Å². The Balaban J connectivity index is 1.87. The predicted octanol–water partition coefficient (Wildman–Crippen LogP) is 3.99. The van der Waals surface area contributed by atoms with Crippen molar-refractivity contribution in [3.63, 3.8) is 0 Å². The van der Waals surface area contributed by atoms with E-state index in [1.165, 1.54) is 0 Å². The highest BCUT2D eigenvalue weighted by Crippen LogP contribution is 2.25. The smallest absolute Gasteiger partial charge is 0.0766 e. The predicted molar refractivity (Wildman–Crippen MR) is 86.4 cm³/mol. The fourth-order valence-electron chi connectivity index (χ4n) is 2.32. The SMILES string of the molecule is OCc1cccc(NCc2ccc(Cl)c3cccnc23)c1. The molecule has 0 unspecified atom stereocenters. The van der Waals surface area contributed by atoms with E-state index in [9.17, 15) is 0 Å². The van der Waals surface area contributed by atoms with Crippen molar-refractivity contribution in [2.75, 3.05) is 5.32 Å². The second kappa shape index (κ2) is 6.12. The van der Waals surface area contributed by atoms with Gasteiger partial charge in [-0.15, -0.1) is 0 Å². The van der Waals surface area contributed by atoms with E-state index in [0.29, 0.717) is 11.6 Å². The summed E-state index contributed by atoms with van der Waals surface area (Å²) in [5.41, 5.74) is 3.86. The van der Waals surface area contributed by atoms with Crippen LogP contribution in [0.25, 0.3) is 10.9 Å². The molecule has 0 saturated carbocycles. The number of pyridine rings is 1. The van der Waals surface area contributed by atoms with E-state index in [2.05, 4.69) is 10.3 Å². The van der Waals surface area contributed by atoms with Crippen LogP contribution >= 0.6 is 11.6 Å². The third kappa shape index (κ3) is 2.99. The van der Waals surface area contributed by atoms with Gasteiger partial charge in [-0.05, 0) is 41.5 Å². The van der Waals surface area contributed by atoms with Crippen molar-refractivity contribution in [1.29, 1.82) is 0 Å². The summed E-state index contributed by atoms with van der Waals surface area (Å²) in [6, 6.07) is 15.5. The molecule has 106 valence electrons. The monoisotopic (exact) mass is 298 g/mol. The first-order valence-corrected chi connectivity index (χ1v) is 7.11. The quantitative estimate of drug-likeness (QED) is 0.765. The zero-order valence-corrected chi connectivity index (χ0v) is 12.1. The molecule has 0 amide bonds. The molecule has 0 aliphatic heterocycles. The van der Waals surface area contributed by atoms with Crippen molar-refractivity contribution < 1.29 is 5.11 Å². The summed E-state index contributed by atoms with van der Waals surface area (Å²) < 4.78 is 0. The zero-order valence-electron chi connectivity index (χ0n) is 11.4. The van der Waals surface area contributed by atoms with Crippen molar-refractivity contribution >= 4 is 28.2 Å². The Kier molecular flexibility index (Phi) is 4.04. The second-order valence-corrected chi connectivity index (χ2v) is 5.23. The first-order valence-electron chi connectivity index (χ1n) is 6.74. The second-order valence-electron chi connectivity index (χ2n) is 4.82. The number of nitrogens with one attached hydrogen (secondary N) is 1. The van der Waals surface area contributed by atoms with Gasteiger partial charge in [-0.25, -0.2) is 0 Å². The fraction of sp³-hybridized carbons (Fsp3) is 0.118. The van der Waals surface area contributed by atoms with Gasteiger partial charge in [0.1, 0.15) is 0 Å². The number of halogens is 1. The fourth-order valence-corrected chi connectivity index (χ4v) is 2.53. The van der Waals surface area contributed by atoms with Crippen molar-refractivity contribution in [3.8, 4) is 0 Å². The number of nitrogens with zero attached hydrogens (tertiary/aromatic N) is 1. The van der Waals surface area contributed by atoms with Crippen molar-refractivity contribution in [3.05, 3.63) is 70.9 Å². The molecule has 4 heteroatoms. The number of benzene rings is 2. The summed E-state index contributed by atoms with van der Waals surface area (Å²) >= 11 is 6.20. The maximum absolute atomic E-state index is 9.17. The normalized spacial score (nSPS) is 10.8. The van der Waals surface area contributed by atoms with Crippen LogP contribution in [0.4, 0.5) is 5.69 Å². The van der Waals surface area contributed by atoms with E-state index in [-0.39, 0.29) is 6.61 Å². The highest BCUT2D eigenvalue weighted by atomic mass is 35.5. The Morgan fingerprint density at radius 1 is 1.10 bits per heavy atom. The lowest BCUT2D eigenvalue weighted by Crippen LogP contribution is -2.01. The molecule has 0 radical (unpaired) electrons. The highest BCUT2D eigenvalue weighted by Gasteiger charge is 2.05. The number of hydrogen-bond acceptors (Lipinski definition) is 3. The molecule has 0 atom stereocenters. The van der Waals surface area contributed by atoms with Crippen LogP contribution in [0, 0.1) is 0 Å². The van der Waals surface area contributed by atoms with Gasteiger partial charge in [-0.1, -0.05) is 29.8 Å². The maximum atomic E-state index is 9.17. The van der Waals surface area contributed by atoms with Crippen LogP contribution in [0.15, 0.2) is 54.7 Å². The molecule has 0 aliphatic carbocycles. The number of aromatic nitrogens is 1. The summed E-state index contributed by atoms with van der Waals surface area (Å²) in [6.45, 7) is 0.695. The molecule has 2 N–H and O–H groups in total. The molecule has 3 rings (SSSR count). The Bertz CT molecular complexity index is 774. The van der Waals surface area contributed by atoms with E-state index in [1.807, 2.05) is 48.5 Å². The van der Waals surface area contributed by atoms with E-state index < -0.39 is 0 Å². The topological polar surface area (TPSA) is 45.1 Å². The molecular formula is C17H15ClN2O. The average molecular weight is 299 g/mol. The summed E-state index contributed by atoms with van der Waals surface area (Å²) in [6.07, 6.45) is 1.77. The minimum absolute atomic E-state index is 0.0426. The number of hydrogen-bond donors (Lipinski definition) is 2. The number of aliphatic hydroxyl groups is 1. The largest absolute Gasteiger partial charge is 0.392 e. The number of rotatable bonds is 4. The van der Waals surface area contributed by atoms with Gasteiger partial charge in [0.25, 0.3) is 0 Å². The van der Waals surface area contributed by atoms with Gasteiger partial charge in [0.05, 0.1) is 12.1 Å².